The summed E-state index contributed by atoms with van der Waals surface area (Å²) in [6, 6.07) is 7.22. The molecule has 0 aliphatic heterocycles. The van der Waals surface area contributed by atoms with Crippen LogP contribution in [0.5, 0.6) is 0 Å². The van der Waals surface area contributed by atoms with Gasteiger partial charge in [-0.25, -0.2) is 0 Å². The van der Waals surface area contributed by atoms with Crippen molar-refractivity contribution in [2.75, 3.05) is 7.11 Å². The van der Waals surface area contributed by atoms with E-state index in [0.29, 0.717) is 0 Å². The summed E-state index contributed by atoms with van der Waals surface area (Å²) in [5.74, 6) is 0. The van der Waals surface area contributed by atoms with Crippen molar-refractivity contribution < 1.29 is 17.9 Å². The standard InChI is InChI=1S/C16H15F3OS/c1-10-8-14(21-15(10)11(2)9-20-3)12-4-6-13(7-5-12)16(17,18)19/h4-9H,1-3H3/b11-9+. The smallest absolute Gasteiger partial charge is 0.416 e. The minimum atomic E-state index is -4.30. The zero-order valence-corrected chi connectivity index (χ0v) is 12.7. The minimum absolute atomic E-state index is 0.629. The number of benzene rings is 1. The Morgan fingerprint density at radius 1 is 1.19 bits per heavy atom. The van der Waals surface area contributed by atoms with Gasteiger partial charge in [0, 0.05) is 15.3 Å². The molecule has 0 N–H and O–H groups in total. The molecule has 0 amide bonds. The van der Waals surface area contributed by atoms with Crippen LogP contribution in [0.2, 0.25) is 0 Å². The fourth-order valence-corrected chi connectivity index (χ4v) is 3.21. The van der Waals surface area contributed by atoms with Crippen molar-refractivity contribution in [1.29, 1.82) is 0 Å². The molecule has 0 saturated carbocycles. The Morgan fingerprint density at radius 2 is 1.81 bits per heavy atom. The van der Waals surface area contributed by atoms with Crippen LogP contribution in [0.25, 0.3) is 16.0 Å². The van der Waals surface area contributed by atoms with Crippen molar-refractivity contribution >= 4 is 16.9 Å². The van der Waals surface area contributed by atoms with Gasteiger partial charge in [-0.15, -0.1) is 11.3 Å². The molecule has 0 spiro atoms. The zero-order valence-electron chi connectivity index (χ0n) is 11.9. The Morgan fingerprint density at radius 3 is 2.33 bits per heavy atom. The highest BCUT2D eigenvalue weighted by Crippen LogP contribution is 2.36. The monoisotopic (exact) mass is 312 g/mol. The first-order valence-corrected chi connectivity index (χ1v) is 7.12. The second kappa shape index (κ2) is 5.93. The Kier molecular flexibility index (Phi) is 4.42. The van der Waals surface area contributed by atoms with Crippen LogP contribution in [-0.2, 0) is 10.9 Å². The van der Waals surface area contributed by atoms with Crippen LogP contribution in [-0.4, -0.2) is 7.11 Å². The molecule has 0 atom stereocenters. The molecular weight excluding hydrogens is 297 g/mol. The van der Waals surface area contributed by atoms with Crippen molar-refractivity contribution in [3.05, 3.63) is 52.6 Å². The van der Waals surface area contributed by atoms with Crippen molar-refractivity contribution in [3.8, 4) is 10.4 Å². The summed E-state index contributed by atoms with van der Waals surface area (Å²) in [6.07, 6.45) is -2.64. The predicted molar refractivity (Wildman–Crippen MR) is 80.2 cm³/mol. The van der Waals surface area contributed by atoms with Gasteiger partial charge in [0.15, 0.2) is 0 Å². The SMILES string of the molecule is CO/C=C(\C)c1sc(-c2ccc(C(F)(F)F)cc2)cc1C. The first kappa shape index (κ1) is 15.6. The van der Waals surface area contributed by atoms with Gasteiger partial charge >= 0.3 is 6.18 Å². The second-order valence-electron chi connectivity index (χ2n) is 4.73. The molecule has 1 heterocycles. The molecule has 0 saturated heterocycles. The van der Waals surface area contributed by atoms with Gasteiger partial charge in [0.05, 0.1) is 18.9 Å². The maximum absolute atomic E-state index is 12.6. The van der Waals surface area contributed by atoms with Gasteiger partial charge in [0.1, 0.15) is 0 Å². The summed E-state index contributed by atoms with van der Waals surface area (Å²) in [5.41, 5.74) is 2.24. The number of aryl methyl sites for hydroxylation is 1. The molecule has 0 bridgehead atoms. The zero-order chi connectivity index (χ0) is 15.6. The van der Waals surface area contributed by atoms with Gasteiger partial charge in [-0.05, 0) is 43.2 Å². The molecule has 0 radical (unpaired) electrons. The van der Waals surface area contributed by atoms with E-state index < -0.39 is 11.7 Å². The highest BCUT2D eigenvalue weighted by Gasteiger charge is 2.30. The summed E-state index contributed by atoms with van der Waals surface area (Å²) in [5, 5.41) is 0. The predicted octanol–water partition coefficient (Wildman–Crippen LogP) is 5.75. The number of hydrogen-bond acceptors (Lipinski definition) is 2. The van der Waals surface area contributed by atoms with Gasteiger partial charge in [0.25, 0.3) is 0 Å². The van der Waals surface area contributed by atoms with Crippen LogP contribution in [0, 0.1) is 6.92 Å². The van der Waals surface area contributed by atoms with E-state index in [1.165, 1.54) is 12.1 Å². The van der Waals surface area contributed by atoms with Gasteiger partial charge < -0.3 is 4.74 Å². The highest BCUT2D eigenvalue weighted by atomic mass is 32.1. The number of hydrogen-bond donors (Lipinski definition) is 0. The van der Waals surface area contributed by atoms with Crippen LogP contribution < -0.4 is 0 Å². The number of rotatable bonds is 3. The van der Waals surface area contributed by atoms with Gasteiger partial charge in [-0.1, -0.05) is 12.1 Å². The third-order valence-electron chi connectivity index (χ3n) is 3.07. The molecule has 0 fully saturated rings. The number of ether oxygens (including phenoxy) is 1. The summed E-state index contributed by atoms with van der Waals surface area (Å²) in [6.45, 7) is 3.92. The van der Waals surface area contributed by atoms with E-state index in [1.807, 2.05) is 19.9 Å². The van der Waals surface area contributed by atoms with E-state index >= 15 is 0 Å². The van der Waals surface area contributed by atoms with Gasteiger partial charge in [-0.2, -0.15) is 13.2 Å². The molecule has 0 aliphatic carbocycles. The molecule has 1 aromatic carbocycles. The molecule has 1 nitrogen and oxygen atoms in total. The molecule has 2 rings (SSSR count). The average molecular weight is 312 g/mol. The normalized spacial score (nSPS) is 12.6. The summed E-state index contributed by atoms with van der Waals surface area (Å²) < 4.78 is 42.7. The summed E-state index contributed by atoms with van der Waals surface area (Å²) >= 11 is 1.54. The molecular formula is C16H15F3OS. The fourth-order valence-electron chi connectivity index (χ4n) is 2.07. The molecule has 112 valence electrons. The van der Waals surface area contributed by atoms with Gasteiger partial charge in [-0.3, -0.25) is 0 Å². The van der Waals surface area contributed by atoms with Crippen LogP contribution in [0.15, 0.2) is 36.6 Å². The first-order valence-electron chi connectivity index (χ1n) is 6.31. The van der Waals surface area contributed by atoms with E-state index in [1.54, 1.807) is 24.7 Å². The number of alkyl halides is 3. The van der Waals surface area contributed by atoms with Crippen LogP contribution in [0.1, 0.15) is 22.9 Å². The highest BCUT2D eigenvalue weighted by molar-refractivity contribution is 7.16. The molecule has 21 heavy (non-hydrogen) atoms. The Balaban J connectivity index is 2.35. The molecule has 0 aliphatic rings. The third kappa shape index (κ3) is 3.47. The third-order valence-corrected chi connectivity index (χ3v) is 4.49. The van der Waals surface area contributed by atoms with E-state index in [0.717, 1.165) is 38.6 Å². The number of methoxy groups -OCH3 is 1. The average Bonchev–Trinajstić information content (AvgIpc) is 2.80. The van der Waals surface area contributed by atoms with E-state index in [9.17, 15) is 13.2 Å². The van der Waals surface area contributed by atoms with Crippen LogP contribution in [0.3, 0.4) is 0 Å². The molecule has 5 heteroatoms. The lowest BCUT2D eigenvalue weighted by Crippen LogP contribution is -2.03. The number of halogens is 3. The number of thiophene rings is 1. The van der Waals surface area contributed by atoms with E-state index in [2.05, 4.69) is 0 Å². The lowest BCUT2D eigenvalue weighted by atomic mass is 10.1. The Bertz CT molecular complexity index is 651. The first-order chi connectivity index (χ1) is 9.82. The lowest BCUT2D eigenvalue weighted by Gasteiger charge is -2.06. The van der Waals surface area contributed by atoms with Gasteiger partial charge in [0.2, 0.25) is 0 Å². The van der Waals surface area contributed by atoms with E-state index in [4.69, 9.17) is 4.74 Å². The quantitative estimate of drug-likeness (QED) is 0.656. The maximum atomic E-state index is 12.6. The minimum Gasteiger partial charge on any atom is -0.504 e. The van der Waals surface area contributed by atoms with E-state index in [-0.39, 0.29) is 0 Å². The van der Waals surface area contributed by atoms with Crippen molar-refractivity contribution in [3.63, 3.8) is 0 Å². The Labute approximate surface area is 125 Å². The largest absolute Gasteiger partial charge is 0.504 e. The van der Waals surface area contributed by atoms with Crippen LogP contribution >= 0.6 is 11.3 Å². The fraction of sp³-hybridized carbons (Fsp3) is 0.250. The molecule has 0 unspecified atom stereocenters. The molecule has 2 aromatic rings. The maximum Gasteiger partial charge on any atom is 0.416 e. The Hall–Kier alpha value is -1.75. The lowest BCUT2D eigenvalue weighted by molar-refractivity contribution is -0.137. The van der Waals surface area contributed by atoms with Crippen molar-refractivity contribution in [2.45, 2.75) is 20.0 Å². The summed E-state index contributed by atoms with van der Waals surface area (Å²) in [4.78, 5) is 2.02. The van der Waals surface area contributed by atoms with Crippen molar-refractivity contribution in [2.24, 2.45) is 0 Å². The summed E-state index contributed by atoms with van der Waals surface area (Å²) in [7, 11) is 1.59. The second-order valence-corrected chi connectivity index (χ2v) is 5.79. The number of allylic oxidation sites excluding steroid dienone is 1. The van der Waals surface area contributed by atoms with Crippen molar-refractivity contribution in [1.82, 2.24) is 0 Å². The van der Waals surface area contributed by atoms with Crippen LogP contribution in [0.4, 0.5) is 13.2 Å². The molecule has 1 aromatic heterocycles. The topological polar surface area (TPSA) is 9.23 Å².